The van der Waals surface area contributed by atoms with E-state index in [1.807, 2.05) is 66.7 Å². The topological polar surface area (TPSA) is 51.8 Å². The maximum absolute atomic E-state index is 6.74. The number of benzene rings is 8. The van der Waals surface area contributed by atoms with Crippen LogP contribution in [-0.4, -0.2) is 15.0 Å². The first kappa shape index (κ1) is 31.0. The van der Waals surface area contributed by atoms with E-state index in [9.17, 15) is 0 Å². The van der Waals surface area contributed by atoms with Gasteiger partial charge in [-0.3, -0.25) is 0 Å². The molecule has 1 atom stereocenters. The molecule has 0 saturated carbocycles. The fourth-order valence-electron chi connectivity index (χ4n) is 9.45. The highest BCUT2D eigenvalue weighted by Crippen LogP contribution is 2.65. The molecule has 0 aliphatic heterocycles. The maximum Gasteiger partial charge on any atom is 0.164 e. The molecule has 56 heavy (non-hydrogen) atoms. The summed E-state index contributed by atoms with van der Waals surface area (Å²) in [5.74, 6) is 1.93. The second-order valence-electron chi connectivity index (χ2n) is 14.7. The number of hydrogen-bond donors (Lipinski definition) is 0. The first-order valence-electron chi connectivity index (χ1n) is 19.0. The Hall–Kier alpha value is -7.43. The summed E-state index contributed by atoms with van der Waals surface area (Å²) in [6.07, 6.45) is 0. The quantitative estimate of drug-likeness (QED) is 0.182. The van der Waals surface area contributed by atoms with Crippen LogP contribution in [0.4, 0.5) is 0 Å². The molecule has 2 aliphatic carbocycles. The molecule has 4 nitrogen and oxygen atoms in total. The molecule has 4 heteroatoms. The Balaban J connectivity index is 1.08. The molecule has 10 aromatic rings. The van der Waals surface area contributed by atoms with Gasteiger partial charge in [0.15, 0.2) is 17.5 Å². The first-order chi connectivity index (χ1) is 27.8. The Labute approximate surface area is 323 Å². The van der Waals surface area contributed by atoms with E-state index in [4.69, 9.17) is 19.4 Å². The second kappa shape index (κ2) is 11.8. The molecular formula is C52H31N3O. The number of para-hydroxylation sites is 1. The molecule has 0 fully saturated rings. The van der Waals surface area contributed by atoms with Crippen LogP contribution in [0.2, 0.25) is 0 Å². The van der Waals surface area contributed by atoms with Gasteiger partial charge >= 0.3 is 0 Å². The van der Waals surface area contributed by atoms with Crippen LogP contribution in [0.1, 0.15) is 22.3 Å². The summed E-state index contributed by atoms with van der Waals surface area (Å²) in [6, 6.07) is 66.6. The van der Waals surface area contributed by atoms with Crippen molar-refractivity contribution in [2.45, 2.75) is 5.41 Å². The highest BCUT2D eigenvalue weighted by atomic mass is 16.3. The van der Waals surface area contributed by atoms with Crippen LogP contribution in [0.5, 0.6) is 0 Å². The van der Waals surface area contributed by atoms with E-state index < -0.39 is 5.41 Å². The van der Waals surface area contributed by atoms with E-state index in [0.717, 1.165) is 44.2 Å². The van der Waals surface area contributed by atoms with E-state index in [-0.39, 0.29) is 0 Å². The van der Waals surface area contributed by atoms with Gasteiger partial charge in [0.1, 0.15) is 11.2 Å². The third-order valence-electron chi connectivity index (χ3n) is 11.8. The standard InChI is InChI=1S/C52H31N3O/c1-3-15-32(16-4-1)49-53-50(33-17-5-2-6-18-33)55-51(54-49)35-20-13-19-34(31-35)36-24-14-27-43-46(36)39-22-7-10-25-41(39)52(43)42-26-11-8-23-40(42)47-44(52)30-29-38-37-21-9-12-28-45(37)56-48(38)47/h1-31H. The molecule has 1 spiro atoms. The normalized spacial score (nSPS) is 14.9. The van der Waals surface area contributed by atoms with Gasteiger partial charge in [-0.2, -0.15) is 0 Å². The van der Waals surface area contributed by atoms with Crippen molar-refractivity contribution >= 4 is 21.9 Å². The maximum atomic E-state index is 6.74. The summed E-state index contributed by atoms with van der Waals surface area (Å²) < 4.78 is 6.74. The number of nitrogens with zero attached hydrogens (tertiary/aromatic N) is 3. The smallest absolute Gasteiger partial charge is 0.164 e. The SMILES string of the molecule is c1ccc(-c2nc(-c3ccccc3)nc(-c3cccc(-c4cccc5c4-c4ccccc4C54c5ccccc5-c5c4ccc4c5oc5ccccc54)c3)n2)cc1. The first-order valence-corrected chi connectivity index (χ1v) is 19.0. The summed E-state index contributed by atoms with van der Waals surface area (Å²) in [6.45, 7) is 0. The zero-order valence-electron chi connectivity index (χ0n) is 30.1. The lowest BCUT2D eigenvalue weighted by atomic mass is 9.70. The predicted octanol–water partition coefficient (Wildman–Crippen LogP) is 12.8. The molecule has 2 aromatic heterocycles. The van der Waals surface area contributed by atoms with Crippen LogP contribution in [0.15, 0.2) is 192 Å². The summed E-state index contributed by atoms with van der Waals surface area (Å²) in [7, 11) is 0. The van der Waals surface area contributed by atoms with Crippen molar-refractivity contribution in [3.63, 3.8) is 0 Å². The number of rotatable bonds is 4. The lowest BCUT2D eigenvalue weighted by Crippen LogP contribution is -2.25. The van der Waals surface area contributed by atoms with E-state index >= 15 is 0 Å². The van der Waals surface area contributed by atoms with E-state index in [0.29, 0.717) is 17.5 Å². The molecule has 8 aromatic carbocycles. The fourth-order valence-corrected chi connectivity index (χ4v) is 9.45. The molecule has 0 N–H and O–H groups in total. The van der Waals surface area contributed by atoms with Gasteiger partial charge in [-0.05, 0) is 62.2 Å². The van der Waals surface area contributed by atoms with Gasteiger partial charge in [0.05, 0.1) is 5.41 Å². The summed E-state index contributed by atoms with van der Waals surface area (Å²) in [4.78, 5) is 15.1. The zero-order chi connectivity index (χ0) is 36.8. The molecule has 2 aliphatic rings. The van der Waals surface area contributed by atoms with Gasteiger partial charge < -0.3 is 4.42 Å². The van der Waals surface area contributed by atoms with Gasteiger partial charge in [-0.15, -0.1) is 0 Å². The third kappa shape index (κ3) is 4.27. The minimum absolute atomic E-state index is 0.512. The van der Waals surface area contributed by atoms with Gasteiger partial charge in [-0.25, -0.2) is 15.0 Å². The average molecular weight is 714 g/mol. The van der Waals surface area contributed by atoms with Crippen molar-refractivity contribution in [2.24, 2.45) is 0 Å². The molecule has 12 rings (SSSR count). The molecule has 0 radical (unpaired) electrons. The van der Waals surface area contributed by atoms with Crippen molar-refractivity contribution in [1.82, 2.24) is 15.0 Å². The Bertz CT molecular complexity index is 3140. The van der Waals surface area contributed by atoms with Crippen LogP contribution in [0.3, 0.4) is 0 Å². The number of fused-ring (bicyclic) bond motifs is 14. The molecule has 2 heterocycles. The van der Waals surface area contributed by atoms with Crippen molar-refractivity contribution in [3.05, 3.63) is 210 Å². The van der Waals surface area contributed by atoms with Crippen LogP contribution >= 0.6 is 0 Å². The van der Waals surface area contributed by atoms with Crippen molar-refractivity contribution in [2.75, 3.05) is 0 Å². The Morgan fingerprint density at radius 3 is 1.55 bits per heavy atom. The summed E-state index contributed by atoms with van der Waals surface area (Å²) in [5, 5.41) is 2.29. The molecule has 260 valence electrons. The Morgan fingerprint density at radius 1 is 0.339 bits per heavy atom. The van der Waals surface area contributed by atoms with E-state index in [1.165, 1.54) is 50.1 Å². The van der Waals surface area contributed by atoms with Gasteiger partial charge in [0.2, 0.25) is 0 Å². The van der Waals surface area contributed by atoms with Gasteiger partial charge in [0.25, 0.3) is 0 Å². The molecule has 0 amide bonds. The minimum atomic E-state index is -0.512. The monoisotopic (exact) mass is 713 g/mol. The fraction of sp³-hybridized carbons (Fsp3) is 0.0192. The summed E-state index contributed by atoms with van der Waals surface area (Å²) in [5.41, 5.74) is 16.5. The number of furan rings is 1. The Kier molecular flexibility index (Phi) is 6.52. The van der Waals surface area contributed by atoms with Crippen LogP contribution < -0.4 is 0 Å². The lowest BCUT2D eigenvalue weighted by molar-refractivity contribution is 0.669. The van der Waals surface area contributed by atoms with Crippen LogP contribution in [0, 0.1) is 0 Å². The lowest BCUT2D eigenvalue weighted by Gasteiger charge is -2.30. The zero-order valence-corrected chi connectivity index (χ0v) is 30.1. The van der Waals surface area contributed by atoms with E-state index in [2.05, 4.69) is 121 Å². The number of aromatic nitrogens is 3. The van der Waals surface area contributed by atoms with Crippen molar-refractivity contribution in [3.8, 4) is 67.5 Å². The van der Waals surface area contributed by atoms with E-state index in [1.54, 1.807) is 0 Å². The highest BCUT2D eigenvalue weighted by molar-refractivity contribution is 6.13. The van der Waals surface area contributed by atoms with Gasteiger partial charge in [0, 0.05) is 33.0 Å². The molecule has 0 bridgehead atoms. The largest absolute Gasteiger partial charge is 0.455 e. The van der Waals surface area contributed by atoms with Gasteiger partial charge in [-0.1, -0.05) is 176 Å². The molecule has 1 unspecified atom stereocenters. The minimum Gasteiger partial charge on any atom is -0.455 e. The van der Waals surface area contributed by atoms with Crippen molar-refractivity contribution < 1.29 is 4.42 Å². The highest BCUT2D eigenvalue weighted by Gasteiger charge is 2.53. The van der Waals surface area contributed by atoms with Crippen LogP contribution in [-0.2, 0) is 5.41 Å². The molecular weight excluding hydrogens is 683 g/mol. The molecule has 0 saturated heterocycles. The third-order valence-corrected chi connectivity index (χ3v) is 11.8. The average Bonchev–Trinajstić information content (AvgIpc) is 3.91. The summed E-state index contributed by atoms with van der Waals surface area (Å²) >= 11 is 0. The van der Waals surface area contributed by atoms with Crippen molar-refractivity contribution in [1.29, 1.82) is 0 Å². The Morgan fingerprint density at radius 2 is 0.839 bits per heavy atom. The number of hydrogen-bond acceptors (Lipinski definition) is 4. The van der Waals surface area contributed by atoms with Crippen LogP contribution in [0.25, 0.3) is 89.5 Å². The predicted molar refractivity (Wildman–Crippen MR) is 225 cm³/mol. The second-order valence-corrected chi connectivity index (χ2v) is 14.7.